The summed E-state index contributed by atoms with van der Waals surface area (Å²) in [6, 6.07) is 5.38. The Bertz CT molecular complexity index is 399. The number of anilines is 1. The molecule has 12 heavy (non-hydrogen) atoms. The van der Waals surface area contributed by atoms with E-state index in [2.05, 4.69) is 22.6 Å². The third-order valence-corrected chi connectivity index (χ3v) is 3.89. The summed E-state index contributed by atoms with van der Waals surface area (Å²) in [6.07, 6.45) is 0. The lowest BCUT2D eigenvalue weighted by Crippen LogP contribution is -1.73. The molecule has 2 rings (SSSR count). The van der Waals surface area contributed by atoms with E-state index in [9.17, 15) is 5.11 Å². The summed E-state index contributed by atoms with van der Waals surface area (Å²) in [5.41, 5.74) is 5.63. The van der Waals surface area contributed by atoms with E-state index in [0.29, 0.717) is 5.75 Å². The summed E-state index contributed by atoms with van der Waals surface area (Å²) in [4.78, 5) is 0. The van der Waals surface area contributed by atoms with E-state index in [0.717, 1.165) is 18.7 Å². The quantitative estimate of drug-likeness (QED) is 0.733. The molecule has 0 saturated heterocycles. The summed E-state index contributed by atoms with van der Waals surface area (Å²) in [7, 11) is 0. The van der Waals surface area contributed by atoms with E-state index >= 15 is 0 Å². The summed E-state index contributed by atoms with van der Waals surface area (Å²) < 4.78 is 2.19. The molecule has 1 aromatic carbocycles. The van der Waals surface area contributed by atoms with Gasteiger partial charge in [-0.25, -0.2) is 0 Å². The van der Waals surface area contributed by atoms with Gasteiger partial charge in [0.05, 0.1) is 9.70 Å². The number of fused-ring (bicyclic) bond motifs is 1. The molecule has 0 aliphatic carbocycles. The van der Waals surface area contributed by atoms with Crippen LogP contribution in [-0.4, -0.2) is 5.11 Å². The lowest BCUT2D eigenvalue weighted by Gasteiger charge is -1.95. The van der Waals surface area contributed by atoms with Gasteiger partial charge in [0, 0.05) is 8.96 Å². The molecule has 4 heteroatoms. The molecular weight excluding hydrogens is 285 g/mol. The van der Waals surface area contributed by atoms with E-state index in [-0.39, 0.29) is 0 Å². The number of nitrogens with two attached hydrogens (primary N) is 1. The second-order valence-corrected chi connectivity index (χ2v) is 4.70. The van der Waals surface area contributed by atoms with Gasteiger partial charge in [-0.05, 0) is 40.8 Å². The van der Waals surface area contributed by atoms with Gasteiger partial charge in [-0.2, -0.15) is 0 Å². The van der Waals surface area contributed by atoms with Crippen molar-refractivity contribution >= 4 is 49.0 Å². The molecule has 0 atom stereocenters. The van der Waals surface area contributed by atoms with Crippen molar-refractivity contribution in [2.24, 2.45) is 0 Å². The zero-order valence-electron chi connectivity index (χ0n) is 6.04. The molecule has 2 nitrogen and oxygen atoms in total. The van der Waals surface area contributed by atoms with E-state index in [1.165, 1.54) is 11.3 Å². The van der Waals surface area contributed by atoms with Crippen molar-refractivity contribution in [3.05, 3.63) is 21.8 Å². The number of hydrogen-bond acceptors (Lipinski definition) is 3. The fourth-order valence-electron chi connectivity index (χ4n) is 1.10. The first-order valence-electron chi connectivity index (χ1n) is 3.35. The monoisotopic (exact) mass is 291 g/mol. The zero-order valence-corrected chi connectivity index (χ0v) is 9.02. The van der Waals surface area contributed by atoms with Crippen LogP contribution < -0.4 is 5.73 Å². The van der Waals surface area contributed by atoms with Crippen molar-refractivity contribution in [2.45, 2.75) is 0 Å². The fraction of sp³-hybridized carbons (Fsp3) is 0. The molecule has 0 amide bonds. The number of aromatic hydroxyl groups is 1. The highest BCUT2D eigenvalue weighted by Crippen LogP contribution is 2.36. The summed E-state index contributed by atoms with van der Waals surface area (Å²) in [5.74, 6) is 0.304. The maximum Gasteiger partial charge on any atom is 0.124 e. The lowest BCUT2D eigenvalue weighted by molar-refractivity contribution is 0.481. The number of nitrogen functional groups attached to an aromatic ring is 1. The highest BCUT2D eigenvalue weighted by Gasteiger charge is 2.06. The van der Waals surface area contributed by atoms with Gasteiger partial charge in [-0.15, -0.1) is 11.3 Å². The standard InChI is InChI=1S/C8H6INOS/c9-5-1-2-6(11)4-3-7(10)12-8(4)5/h1-3,11H,10H2. The average Bonchev–Trinajstić information content (AvgIpc) is 2.41. The minimum absolute atomic E-state index is 0.304. The maximum absolute atomic E-state index is 9.46. The van der Waals surface area contributed by atoms with Crippen molar-refractivity contribution in [2.75, 3.05) is 5.73 Å². The predicted octanol–water partition coefficient (Wildman–Crippen LogP) is 2.79. The molecule has 0 radical (unpaired) electrons. The molecule has 62 valence electrons. The SMILES string of the molecule is Nc1cc2c(O)ccc(I)c2s1. The molecule has 0 spiro atoms. The van der Waals surface area contributed by atoms with Crippen LogP contribution in [0.25, 0.3) is 10.1 Å². The van der Waals surface area contributed by atoms with Crippen molar-refractivity contribution in [3.8, 4) is 5.75 Å². The largest absolute Gasteiger partial charge is 0.507 e. The van der Waals surface area contributed by atoms with Gasteiger partial charge in [0.25, 0.3) is 0 Å². The Kier molecular flexibility index (Phi) is 1.88. The third-order valence-electron chi connectivity index (χ3n) is 1.63. The number of thiophene rings is 1. The van der Waals surface area contributed by atoms with Crippen LogP contribution in [0.5, 0.6) is 5.75 Å². The molecule has 0 bridgehead atoms. The first-order chi connectivity index (χ1) is 5.68. The molecule has 0 fully saturated rings. The Balaban J connectivity index is 2.93. The van der Waals surface area contributed by atoms with Crippen LogP contribution in [0.15, 0.2) is 18.2 Å². The molecular formula is C8H6INOS. The van der Waals surface area contributed by atoms with Crippen LogP contribution in [0.1, 0.15) is 0 Å². The minimum atomic E-state index is 0.304. The van der Waals surface area contributed by atoms with Crippen molar-refractivity contribution in [3.63, 3.8) is 0 Å². The van der Waals surface area contributed by atoms with Crippen molar-refractivity contribution < 1.29 is 5.11 Å². The van der Waals surface area contributed by atoms with Crippen LogP contribution in [0.2, 0.25) is 0 Å². The van der Waals surface area contributed by atoms with Gasteiger partial charge in [0.1, 0.15) is 5.75 Å². The summed E-state index contributed by atoms with van der Waals surface area (Å²) >= 11 is 3.74. The Hall–Kier alpha value is -0.490. The number of hydrogen-bond donors (Lipinski definition) is 2. The molecule has 1 aromatic heterocycles. The van der Waals surface area contributed by atoms with Gasteiger partial charge in [-0.3, -0.25) is 0 Å². The highest BCUT2D eigenvalue weighted by atomic mass is 127. The van der Waals surface area contributed by atoms with Gasteiger partial charge >= 0.3 is 0 Å². The van der Waals surface area contributed by atoms with E-state index < -0.39 is 0 Å². The molecule has 2 aromatic rings. The summed E-state index contributed by atoms with van der Waals surface area (Å²) in [5, 5.41) is 11.0. The van der Waals surface area contributed by atoms with Crippen molar-refractivity contribution in [1.29, 1.82) is 0 Å². The predicted molar refractivity (Wildman–Crippen MR) is 60.6 cm³/mol. The minimum Gasteiger partial charge on any atom is -0.507 e. The van der Waals surface area contributed by atoms with Crippen molar-refractivity contribution in [1.82, 2.24) is 0 Å². The van der Waals surface area contributed by atoms with Gasteiger partial charge in [-0.1, -0.05) is 0 Å². The molecule has 0 aliphatic rings. The average molecular weight is 291 g/mol. The topological polar surface area (TPSA) is 46.2 Å². The van der Waals surface area contributed by atoms with Crippen LogP contribution in [0, 0.1) is 3.57 Å². The smallest absolute Gasteiger partial charge is 0.124 e. The van der Waals surface area contributed by atoms with E-state index in [1.807, 2.05) is 6.07 Å². The maximum atomic E-state index is 9.46. The fourth-order valence-corrected chi connectivity index (χ4v) is 2.75. The summed E-state index contributed by atoms with van der Waals surface area (Å²) in [6.45, 7) is 0. The van der Waals surface area contributed by atoms with Gasteiger partial charge in [0.2, 0.25) is 0 Å². The Morgan fingerprint density at radius 2 is 2.17 bits per heavy atom. The highest BCUT2D eigenvalue weighted by molar-refractivity contribution is 14.1. The number of rotatable bonds is 0. The number of halogens is 1. The van der Waals surface area contributed by atoms with Crippen LogP contribution in [0.4, 0.5) is 5.00 Å². The normalized spacial score (nSPS) is 10.8. The van der Waals surface area contributed by atoms with Gasteiger partial charge < -0.3 is 10.8 Å². The van der Waals surface area contributed by atoms with Gasteiger partial charge in [0.15, 0.2) is 0 Å². The Labute approximate surface area is 87.1 Å². The zero-order chi connectivity index (χ0) is 8.72. The van der Waals surface area contributed by atoms with E-state index in [4.69, 9.17) is 5.73 Å². The molecule has 0 unspecified atom stereocenters. The molecule has 3 N–H and O–H groups in total. The molecule has 0 aliphatic heterocycles. The number of phenols is 1. The number of phenolic OH excluding ortho intramolecular Hbond substituents is 1. The molecule has 1 heterocycles. The van der Waals surface area contributed by atoms with Crippen LogP contribution >= 0.6 is 33.9 Å². The second kappa shape index (κ2) is 2.77. The van der Waals surface area contributed by atoms with Crippen LogP contribution in [-0.2, 0) is 0 Å². The van der Waals surface area contributed by atoms with E-state index in [1.54, 1.807) is 12.1 Å². The molecule has 0 saturated carbocycles. The Morgan fingerprint density at radius 1 is 1.42 bits per heavy atom. The lowest BCUT2D eigenvalue weighted by atomic mass is 10.2. The first kappa shape index (κ1) is 8.12. The third kappa shape index (κ3) is 1.15. The first-order valence-corrected chi connectivity index (χ1v) is 5.24. The van der Waals surface area contributed by atoms with Crippen LogP contribution in [0.3, 0.4) is 0 Å². The number of benzene rings is 1. The Morgan fingerprint density at radius 3 is 2.83 bits per heavy atom. The second-order valence-electron chi connectivity index (χ2n) is 2.46.